The zero-order valence-electron chi connectivity index (χ0n) is 11.5. The molecule has 0 bridgehead atoms. The Kier molecular flexibility index (Phi) is 3.76. The summed E-state index contributed by atoms with van der Waals surface area (Å²) in [5.74, 6) is 0.673. The average molecular weight is 270 g/mol. The van der Waals surface area contributed by atoms with Gasteiger partial charge in [0.25, 0.3) is 0 Å². The van der Waals surface area contributed by atoms with Gasteiger partial charge in [0.2, 0.25) is 0 Å². The van der Waals surface area contributed by atoms with Crippen LogP contribution < -0.4 is 0 Å². The molecular formula is C16H18N2O2. The van der Waals surface area contributed by atoms with Crippen LogP contribution in [0.15, 0.2) is 36.5 Å². The standard InChI is InChI=1S/C16H18N2O2/c1-11-17-8-6-14(18-11)15(19)10-16-13-5-3-2-4-12(13)7-9-20-16/h2-6,8,15-16,19H,7,9-10H2,1H3. The maximum atomic E-state index is 10.4. The molecule has 0 spiro atoms. The van der Waals surface area contributed by atoms with Crippen molar-refractivity contribution in [2.24, 2.45) is 0 Å². The first-order valence-electron chi connectivity index (χ1n) is 6.91. The number of aromatic nitrogens is 2. The van der Waals surface area contributed by atoms with E-state index in [1.165, 1.54) is 11.1 Å². The van der Waals surface area contributed by atoms with Crippen LogP contribution in [0.1, 0.15) is 41.3 Å². The number of aliphatic hydroxyl groups is 1. The minimum atomic E-state index is -0.632. The van der Waals surface area contributed by atoms with E-state index in [1.54, 1.807) is 12.3 Å². The minimum Gasteiger partial charge on any atom is -0.387 e. The van der Waals surface area contributed by atoms with Gasteiger partial charge in [0.05, 0.1) is 24.5 Å². The number of hydrogen-bond acceptors (Lipinski definition) is 4. The second-order valence-electron chi connectivity index (χ2n) is 5.09. The van der Waals surface area contributed by atoms with E-state index in [2.05, 4.69) is 22.1 Å². The van der Waals surface area contributed by atoms with E-state index < -0.39 is 6.10 Å². The topological polar surface area (TPSA) is 55.2 Å². The van der Waals surface area contributed by atoms with E-state index in [4.69, 9.17) is 4.74 Å². The van der Waals surface area contributed by atoms with E-state index in [9.17, 15) is 5.11 Å². The molecule has 4 nitrogen and oxygen atoms in total. The molecule has 2 aromatic rings. The molecule has 104 valence electrons. The summed E-state index contributed by atoms with van der Waals surface area (Å²) in [6, 6.07) is 10.0. The fourth-order valence-corrected chi connectivity index (χ4v) is 2.66. The zero-order valence-corrected chi connectivity index (χ0v) is 11.5. The molecule has 1 aromatic heterocycles. The molecule has 4 heteroatoms. The molecular weight excluding hydrogens is 252 g/mol. The monoisotopic (exact) mass is 270 g/mol. The summed E-state index contributed by atoms with van der Waals surface area (Å²) in [4.78, 5) is 8.33. The Morgan fingerprint density at radius 2 is 2.20 bits per heavy atom. The number of aryl methyl sites for hydroxylation is 1. The molecule has 3 rings (SSSR count). The Hall–Kier alpha value is -1.78. The third-order valence-corrected chi connectivity index (χ3v) is 3.67. The summed E-state index contributed by atoms with van der Waals surface area (Å²) in [6.07, 6.45) is 2.44. The first-order chi connectivity index (χ1) is 9.74. The number of nitrogens with zero attached hydrogens (tertiary/aromatic N) is 2. The molecule has 1 aliphatic heterocycles. The first kappa shape index (κ1) is 13.2. The fraction of sp³-hybridized carbons (Fsp3) is 0.375. The third-order valence-electron chi connectivity index (χ3n) is 3.67. The lowest BCUT2D eigenvalue weighted by Gasteiger charge is -2.27. The first-order valence-corrected chi connectivity index (χ1v) is 6.91. The van der Waals surface area contributed by atoms with E-state index >= 15 is 0 Å². The van der Waals surface area contributed by atoms with Crippen LogP contribution in [0.3, 0.4) is 0 Å². The number of aliphatic hydroxyl groups excluding tert-OH is 1. The third kappa shape index (κ3) is 2.71. The summed E-state index contributed by atoms with van der Waals surface area (Å²) >= 11 is 0. The molecule has 0 aliphatic carbocycles. The van der Waals surface area contributed by atoms with Crippen molar-refractivity contribution in [2.75, 3.05) is 6.61 Å². The highest BCUT2D eigenvalue weighted by Gasteiger charge is 2.24. The second kappa shape index (κ2) is 5.69. The Bertz CT molecular complexity index is 601. The van der Waals surface area contributed by atoms with Gasteiger partial charge in [-0.3, -0.25) is 0 Å². The van der Waals surface area contributed by atoms with Crippen molar-refractivity contribution in [2.45, 2.75) is 32.0 Å². The summed E-state index contributed by atoms with van der Waals surface area (Å²) in [7, 11) is 0. The largest absolute Gasteiger partial charge is 0.387 e. The SMILES string of the molecule is Cc1nccc(C(O)CC2OCCc3ccccc32)n1. The van der Waals surface area contributed by atoms with Crippen LogP contribution in [0.4, 0.5) is 0 Å². The fourth-order valence-electron chi connectivity index (χ4n) is 2.66. The van der Waals surface area contributed by atoms with Crippen molar-refractivity contribution in [3.05, 3.63) is 59.2 Å². The van der Waals surface area contributed by atoms with Crippen LogP contribution in [0.25, 0.3) is 0 Å². The van der Waals surface area contributed by atoms with Gasteiger partial charge in [0.15, 0.2) is 0 Å². The highest BCUT2D eigenvalue weighted by atomic mass is 16.5. The van der Waals surface area contributed by atoms with E-state index in [1.807, 2.05) is 19.1 Å². The van der Waals surface area contributed by atoms with Gasteiger partial charge < -0.3 is 9.84 Å². The van der Waals surface area contributed by atoms with Crippen LogP contribution in [0.2, 0.25) is 0 Å². The van der Waals surface area contributed by atoms with Crippen molar-refractivity contribution in [1.82, 2.24) is 9.97 Å². The summed E-state index contributed by atoms with van der Waals surface area (Å²) in [5, 5.41) is 10.4. The van der Waals surface area contributed by atoms with Crippen LogP contribution >= 0.6 is 0 Å². The van der Waals surface area contributed by atoms with Gasteiger partial charge in [0.1, 0.15) is 5.82 Å². The van der Waals surface area contributed by atoms with E-state index in [0.717, 1.165) is 6.42 Å². The van der Waals surface area contributed by atoms with Crippen molar-refractivity contribution in [3.8, 4) is 0 Å². The highest BCUT2D eigenvalue weighted by Crippen LogP contribution is 2.33. The summed E-state index contributed by atoms with van der Waals surface area (Å²) in [5.41, 5.74) is 3.16. The minimum absolute atomic E-state index is 0.0646. The maximum absolute atomic E-state index is 10.4. The molecule has 2 unspecified atom stereocenters. The lowest BCUT2D eigenvalue weighted by atomic mass is 9.93. The van der Waals surface area contributed by atoms with Crippen molar-refractivity contribution in [1.29, 1.82) is 0 Å². The lowest BCUT2D eigenvalue weighted by Crippen LogP contribution is -2.19. The number of rotatable bonds is 3. The molecule has 0 amide bonds. The normalized spacial score (nSPS) is 19.4. The van der Waals surface area contributed by atoms with Crippen LogP contribution in [0.5, 0.6) is 0 Å². The number of hydrogen-bond donors (Lipinski definition) is 1. The molecule has 2 heterocycles. The van der Waals surface area contributed by atoms with Crippen molar-refractivity contribution >= 4 is 0 Å². The van der Waals surface area contributed by atoms with Gasteiger partial charge >= 0.3 is 0 Å². The van der Waals surface area contributed by atoms with E-state index in [0.29, 0.717) is 24.5 Å². The van der Waals surface area contributed by atoms with Crippen LogP contribution in [-0.4, -0.2) is 21.7 Å². The average Bonchev–Trinajstić information content (AvgIpc) is 2.47. The molecule has 0 saturated carbocycles. The maximum Gasteiger partial charge on any atom is 0.125 e. The molecule has 20 heavy (non-hydrogen) atoms. The Labute approximate surface area is 118 Å². The molecule has 2 atom stereocenters. The molecule has 0 saturated heterocycles. The smallest absolute Gasteiger partial charge is 0.125 e. The second-order valence-corrected chi connectivity index (χ2v) is 5.09. The summed E-state index contributed by atoms with van der Waals surface area (Å²) < 4.78 is 5.82. The molecule has 0 fully saturated rings. The molecule has 1 aromatic carbocycles. The van der Waals surface area contributed by atoms with Gasteiger partial charge in [-0.25, -0.2) is 9.97 Å². The van der Waals surface area contributed by atoms with E-state index in [-0.39, 0.29) is 6.10 Å². The molecule has 1 N–H and O–H groups in total. The molecule has 0 radical (unpaired) electrons. The Balaban J connectivity index is 1.79. The molecule has 1 aliphatic rings. The van der Waals surface area contributed by atoms with Gasteiger partial charge in [-0.2, -0.15) is 0 Å². The predicted molar refractivity (Wildman–Crippen MR) is 75.2 cm³/mol. The van der Waals surface area contributed by atoms with Crippen molar-refractivity contribution in [3.63, 3.8) is 0 Å². The van der Waals surface area contributed by atoms with Gasteiger partial charge in [-0.1, -0.05) is 24.3 Å². The van der Waals surface area contributed by atoms with Gasteiger partial charge in [-0.05, 0) is 30.5 Å². The van der Waals surface area contributed by atoms with Gasteiger partial charge in [0, 0.05) is 12.6 Å². The van der Waals surface area contributed by atoms with Gasteiger partial charge in [-0.15, -0.1) is 0 Å². The Morgan fingerprint density at radius 1 is 1.35 bits per heavy atom. The summed E-state index contributed by atoms with van der Waals surface area (Å²) in [6.45, 7) is 2.53. The van der Waals surface area contributed by atoms with Crippen molar-refractivity contribution < 1.29 is 9.84 Å². The lowest BCUT2D eigenvalue weighted by molar-refractivity contribution is 0.00275. The predicted octanol–water partition coefficient (Wildman–Crippen LogP) is 2.52. The number of ether oxygens (including phenoxy) is 1. The highest BCUT2D eigenvalue weighted by molar-refractivity contribution is 5.31. The number of benzene rings is 1. The van der Waals surface area contributed by atoms with Crippen LogP contribution in [0, 0.1) is 6.92 Å². The number of fused-ring (bicyclic) bond motifs is 1. The zero-order chi connectivity index (χ0) is 13.9. The Morgan fingerprint density at radius 3 is 3.05 bits per heavy atom. The van der Waals surface area contributed by atoms with Crippen LogP contribution in [-0.2, 0) is 11.2 Å². The quantitative estimate of drug-likeness (QED) is 0.931.